The number of hydrogen-bond donors (Lipinski definition) is 1. The first-order chi connectivity index (χ1) is 8.36. The number of aromatic nitrogens is 1. The Balaban J connectivity index is 2.95. The van der Waals surface area contributed by atoms with E-state index in [1.54, 1.807) is 6.92 Å². The average molecular weight is 271 g/mol. The van der Waals surface area contributed by atoms with Gasteiger partial charge in [-0.3, -0.25) is 0 Å². The molecule has 1 unspecified atom stereocenters. The summed E-state index contributed by atoms with van der Waals surface area (Å²) in [6.45, 7) is 7.72. The van der Waals surface area contributed by atoms with Gasteiger partial charge in [-0.15, -0.1) is 11.3 Å². The van der Waals surface area contributed by atoms with E-state index in [0.29, 0.717) is 6.04 Å². The fourth-order valence-electron chi connectivity index (χ4n) is 1.97. The molecule has 5 nitrogen and oxygen atoms in total. The quantitative estimate of drug-likeness (QED) is 0.856. The van der Waals surface area contributed by atoms with E-state index in [2.05, 4.69) is 28.6 Å². The zero-order valence-electron chi connectivity index (χ0n) is 11.6. The van der Waals surface area contributed by atoms with Crippen LogP contribution in [0.3, 0.4) is 0 Å². The molecule has 0 radical (unpaired) electrons. The monoisotopic (exact) mass is 271 g/mol. The molecule has 0 saturated carbocycles. The van der Waals surface area contributed by atoms with Crippen LogP contribution in [0, 0.1) is 6.92 Å². The van der Waals surface area contributed by atoms with Crippen molar-refractivity contribution in [1.82, 2.24) is 9.88 Å². The smallest absolute Gasteiger partial charge is 0.355 e. The lowest BCUT2D eigenvalue weighted by Crippen LogP contribution is -2.40. The van der Waals surface area contributed by atoms with E-state index in [1.807, 2.05) is 14.1 Å². The zero-order valence-corrected chi connectivity index (χ0v) is 12.4. The highest BCUT2D eigenvalue weighted by atomic mass is 32.1. The molecule has 1 aromatic heterocycles. The fraction of sp³-hybridized carbons (Fsp3) is 0.667. The van der Waals surface area contributed by atoms with Crippen LogP contribution < -0.4 is 4.90 Å². The number of rotatable bonds is 6. The van der Waals surface area contributed by atoms with Crippen molar-refractivity contribution in [2.24, 2.45) is 0 Å². The van der Waals surface area contributed by atoms with Crippen LogP contribution in [-0.2, 0) is 0 Å². The number of carbonyl (C=O) groups is 1. The predicted octanol–water partition coefficient (Wildman–Crippen LogP) is 1.93. The third kappa shape index (κ3) is 3.43. The van der Waals surface area contributed by atoms with Crippen molar-refractivity contribution in [3.05, 3.63) is 10.6 Å². The van der Waals surface area contributed by atoms with Gasteiger partial charge in [-0.05, 0) is 34.9 Å². The Bertz CT molecular complexity index is 417. The van der Waals surface area contributed by atoms with Crippen molar-refractivity contribution in [2.45, 2.75) is 26.8 Å². The molecule has 1 atom stereocenters. The molecule has 0 aliphatic rings. The van der Waals surface area contributed by atoms with Crippen molar-refractivity contribution in [3.63, 3.8) is 0 Å². The highest BCUT2D eigenvalue weighted by Crippen LogP contribution is 2.27. The van der Waals surface area contributed by atoms with Gasteiger partial charge >= 0.3 is 5.97 Å². The minimum Gasteiger partial charge on any atom is -0.476 e. The maximum Gasteiger partial charge on any atom is 0.355 e. The molecule has 0 bridgehead atoms. The first-order valence-electron chi connectivity index (χ1n) is 5.98. The molecule has 0 aliphatic heterocycles. The summed E-state index contributed by atoms with van der Waals surface area (Å²) in [5.74, 6) is -0.952. The first kappa shape index (κ1) is 14.9. The Morgan fingerprint density at radius 3 is 2.50 bits per heavy atom. The Morgan fingerprint density at radius 2 is 2.11 bits per heavy atom. The van der Waals surface area contributed by atoms with Crippen LogP contribution in [-0.4, -0.2) is 54.2 Å². The molecule has 1 heterocycles. The Morgan fingerprint density at radius 1 is 1.50 bits per heavy atom. The van der Waals surface area contributed by atoms with Crippen LogP contribution in [0.4, 0.5) is 5.13 Å². The van der Waals surface area contributed by atoms with Gasteiger partial charge in [-0.25, -0.2) is 9.78 Å². The standard InChI is InChI=1S/C12H21N3O2S/c1-6-15(8(2)7-14(4)5)12-13-10(11(16)17)9(3)18-12/h8H,6-7H2,1-5H3,(H,16,17). The number of aromatic carboxylic acids is 1. The molecular weight excluding hydrogens is 250 g/mol. The van der Waals surface area contributed by atoms with Crippen molar-refractivity contribution in [2.75, 3.05) is 32.1 Å². The maximum atomic E-state index is 11.0. The molecule has 0 fully saturated rings. The number of likely N-dealkylation sites (N-methyl/N-ethyl adjacent to an activating group) is 2. The summed E-state index contributed by atoms with van der Waals surface area (Å²) >= 11 is 1.45. The third-order valence-corrected chi connectivity index (χ3v) is 3.74. The SMILES string of the molecule is CCN(c1nc(C(=O)O)c(C)s1)C(C)CN(C)C. The first-order valence-corrected chi connectivity index (χ1v) is 6.80. The van der Waals surface area contributed by atoms with Crippen LogP contribution in [0.25, 0.3) is 0 Å². The number of thiazole rings is 1. The lowest BCUT2D eigenvalue weighted by molar-refractivity contribution is 0.0690. The summed E-state index contributed by atoms with van der Waals surface area (Å²) in [4.78, 5) is 20.3. The Hall–Kier alpha value is -1.14. The molecule has 1 rings (SSSR count). The summed E-state index contributed by atoms with van der Waals surface area (Å²) in [5, 5.41) is 9.83. The van der Waals surface area contributed by atoms with Crippen molar-refractivity contribution in [3.8, 4) is 0 Å². The summed E-state index contributed by atoms with van der Waals surface area (Å²) in [6.07, 6.45) is 0. The molecule has 6 heteroatoms. The molecule has 1 N–H and O–H groups in total. The number of carboxylic acid groups (broad SMARTS) is 1. The van der Waals surface area contributed by atoms with Crippen LogP contribution >= 0.6 is 11.3 Å². The molecule has 0 aromatic carbocycles. The van der Waals surface area contributed by atoms with Gasteiger partial charge in [0.25, 0.3) is 0 Å². The second-order valence-corrected chi connectivity index (χ2v) is 5.79. The second-order valence-electron chi connectivity index (χ2n) is 4.60. The van der Waals surface area contributed by atoms with Crippen molar-refractivity contribution in [1.29, 1.82) is 0 Å². The highest BCUT2D eigenvalue weighted by Gasteiger charge is 2.21. The predicted molar refractivity (Wildman–Crippen MR) is 74.8 cm³/mol. The van der Waals surface area contributed by atoms with E-state index in [9.17, 15) is 4.79 Å². The molecule has 102 valence electrons. The van der Waals surface area contributed by atoms with E-state index in [0.717, 1.165) is 23.1 Å². The molecule has 18 heavy (non-hydrogen) atoms. The third-order valence-electron chi connectivity index (χ3n) is 2.74. The lowest BCUT2D eigenvalue weighted by atomic mass is 10.3. The van der Waals surface area contributed by atoms with Crippen LogP contribution in [0.1, 0.15) is 29.2 Å². The van der Waals surface area contributed by atoms with Crippen molar-refractivity contribution >= 4 is 22.4 Å². The number of hydrogen-bond acceptors (Lipinski definition) is 5. The molecule has 1 aromatic rings. The Kier molecular flexibility index (Phi) is 5.10. The number of aryl methyl sites for hydroxylation is 1. The van der Waals surface area contributed by atoms with Crippen LogP contribution in [0.5, 0.6) is 0 Å². The summed E-state index contributed by atoms with van der Waals surface area (Å²) in [7, 11) is 4.06. The molecule has 0 aliphatic carbocycles. The van der Waals surface area contributed by atoms with E-state index < -0.39 is 5.97 Å². The van der Waals surface area contributed by atoms with Gasteiger partial charge in [-0.1, -0.05) is 0 Å². The summed E-state index contributed by atoms with van der Waals surface area (Å²) < 4.78 is 0. The van der Waals surface area contributed by atoms with Gasteiger partial charge in [0, 0.05) is 24.0 Å². The van der Waals surface area contributed by atoms with Crippen LogP contribution in [0.15, 0.2) is 0 Å². The minimum absolute atomic E-state index is 0.172. The molecule has 0 saturated heterocycles. The van der Waals surface area contributed by atoms with Gasteiger partial charge in [-0.2, -0.15) is 0 Å². The van der Waals surface area contributed by atoms with Gasteiger partial charge < -0.3 is 14.9 Å². The van der Waals surface area contributed by atoms with Gasteiger partial charge in [0.2, 0.25) is 0 Å². The summed E-state index contributed by atoms with van der Waals surface area (Å²) in [6, 6.07) is 0.303. The maximum absolute atomic E-state index is 11.0. The van der Waals surface area contributed by atoms with Crippen molar-refractivity contribution < 1.29 is 9.90 Å². The van der Waals surface area contributed by atoms with E-state index in [-0.39, 0.29) is 5.69 Å². The largest absolute Gasteiger partial charge is 0.476 e. The van der Waals surface area contributed by atoms with E-state index in [4.69, 9.17) is 5.11 Å². The second kappa shape index (κ2) is 6.15. The summed E-state index contributed by atoms with van der Waals surface area (Å²) in [5.41, 5.74) is 0.172. The Labute approximate surface area is 112 Å². The van der Waals surface area contributed by atoms with E-state index >= 15 is 0 Å². The number of anilines is 1. The van der Waals surface area contributed by atoms with Gasteiger partial charge in [0.05, 0.1) is 0 Å². The normalized spacial score (nSPS) is 12.8. The van der Waals surface area contributed by atoms with Crippen LogP contribution in [0.2, 0.25) is 0 Å². The number of carboxylic acids is 1. The molecular formula is C12H21N3O2S. The number of nitrogens with zero attached hydrogens (tertiary/aromatic N) is 3. The zero-order chi connectivity index (χ0) is 13.9. The lowest BCUT2D eigenvalue weighted by Gasteiger charge is -2.29. The molecule has 0 amide bonds. The van der Waals surface area contributed by atoms with Gasteiger partial charge in [0.15, 0.2) is 10.8 Å². The van der Waals surface area contributed by atoms with Gasteiger partial charge in [0.1, 0.15) is 0 Å². The highest BCUT2D eigenvalue weighted by molar-refractivity contribution is 7.15. The molecule has 0 spiro atoms. The average Bonchev–Trinajstić information content (AvgIpc) is 2.60. The fourth-order valence-corrected chi connectivity index (χ4v) is 3.03. The van der Waals surface area contributed by atoms with E-state index in [1.165, 1.54) is 11.3 Å². The topological polar surface area (TPSA) is 56.7 Å². The minimum atomic E-state index is -0.952.